The quantitative estimate of drug-likeness (QED) is 0.113. The molecule has 6 nitrogen and oxygen atoms in total. The van der Waals surface area contributed by atoms with Gasteiger partial charge in [0.25, 0.3) is 0 Å². The standard InChI is InChI=1S/C33H58N4O2/c1-6-22(3)9-8-10-23(4)27-13-14-29-26-12-11-24-21-25(39-31(38)37-20-19-36-30(34)35)15-17-32(24,5)28(26)16-18-33(27,29)7-2/h7,22-29H,2,6,8-21H2,1,3-5H3,(H,37,38)(H4,34,35,36). The number of aliphatic imine (C=N–C) groups is 1. The summed E-state index contributed by atoms with van der Waals surface area (Å²) in [5.74, 6) is 5.64. The number of ether oxygens (including phenoxy) is 1. The first-order chi connectivity index (χ1) is 18.6. The second-order valence-corrected chi connectivity index (χ2v) is 14.2. The smallest absolute Gasteiger partial charge is 0.407 e. The number of fused-ring (bicyclic) bond motifs is 5. The van der Waals surface area contributed by atoms with Gasteiger partial charge in [-0.05, 0) is 110 Å². The zero-order chi connectivity index (χ0) is 28.2. The van der Waals surface area contributed by atoms with Gasteiger partial charge in [0.05, 0.1) is 6.54 Å². The van der Waals surface area contributed by atoms with Gasteiger partial charge < -0.3 is 21.5 Å². The topological polar surface area (TPSA) is 103 Å². The van der Waals surface area contributed by atoms with E-state index in [1.807, 2.05) is 0 Å². The van der Waals surface area contributed by atoms with E-state index in [1.165, 1.54) is 70.6 Å². The van der Waals surface area contributed by atoms with Gasteiger partial charge in [0, 0.05) is 6.54 Å². The zero-order valence-corrected chi connectivity index (χ0v) is 25.4. The molecule has 4 aliphatic carbocycles. The maximum atomic E-state index is 12.4. The molecular formula is C33H58N4O2. The highest BCUT2D eigenvalue weighted by atomic mass is 16.6. The number of alkyl carbamates (subject to hydrolysis) is 1. The summed E-state index contributed by atoms with van der Waals surface area (Å²) >= 11 is 0. The Bertz CT molecular complexity index is 872. The van der Waals surface area contributed by atoms with Crippen LogP contribution in [0.4, 0.5) is 4.79 Å². The molecule has 0 aliphatic heterocycles. The van der Waals surface area contributed by atoms with Gasteiger partial charge in [0.2, 0.25) is 0 Å². The van der Waals surface area contributed by atoms with Crippen LogP contribution in [0.3, 0.4) is 0 Å². The van der Waals surface area contributed by atoms with E-state index in [0.717, 1.165) is 48.3 Å². The Morgan fingerprint density at radius 2 is 1.90 bits per heavy atom. The van der Waals surface area contributed by atoms with Crippen LogP contribution in [0, 0.1) is 52.3 Å². The molecular weight excluding hydrogens is 484 g/mol. The molecule has 0 aromatic heterocycles. The number of nitrogens with zero attached hydrogens (tertiary/aromatic N) is 1. The first kappa shape index (κ1) is 30.2. The van der Waals surface area contributed by atoms with Crippen molar-refractivity contribution in [2.24, 2.45) is 68.7 Å². The summed E-state index contributed by atoms with van der Waals surface area (Å²) in [7, 11) is 0. The fourth-order valence-electron chi connectivity index (χ4n) is 10.0. The molecule has 4 saturated carbocycles. The second-order valence-electron chi connectivity index (χ2n) is 14.2. The highest BCUT2D eigenvalue weighted by molar-refractivity contribution is 5.75. The molecule has 0 aromatic carbocycles. The minimum Gasteiger partial charge on any atom is -0.446 e. The molecule has 1 amide bonds. The summed E-state index contributed by atoms with van der Waals surface area (Å²) in [6.07, 6.45) is 18.9. The number of nitrogens with one attached hydrogen (secondary N) is 1. The van der Waals surface area contributed by atoms with E-state index >= 15 is 0 Å². The molecule has 0 spiro atoms. The molecule has 39 heavy (non-hydrogen) atoms. The molecule has 222 valence electrons. The molecule has 4 aliphatic rings. The normalized spacial score (nSPS) is 38.9. The van der Waals surface area contributed by atoms with Crippen LogP contribution in [0.25, 0.3) is 0 Å². The predicted octanol–water partition coefficient (Wildman–Crippen LogP) is 7.03. The van der Waals surface area contributed by atoms with Gasteiger partial charge in [-0.15, -0.1) is 6.58 Å². The summed E-state index contributed by atoms with van der Waals surface area (Å²) in [4.78, 5) is 16.3. The number of nitrogens with two attached hydrogens (primary N) is 2. The Morgan fingerprint density at radius 3 is 2.62 bits per heavy atom. The largest absolute Gasteiger partial charge is 0.446 e. The van der Waals surface area contributed by atoms with Crippen LogP contribution in [0.5, 0.6) is 0 Å². The lowest BCUT2D eigenvalue weighted by Gasteiger charge is -2.61. The van der Waals surface area contributed by atoms with Crippen LogP contribution in [0.1, 0.15) is 111 Å². The van der Waals surface area contributed by atoms with Crippen molar-refractivity contribution < 1.29 is 9.53 Å². The molecule has 10 unspecified atom stereocenters. The lowest BCUT2D eigenvalue weighted by atomic mass is 9.44. The van der Waals surface area contributed by atoms with Crippen molar-refractivity contribution in [3.8, 4) is 0 Å². The van der Waals surface area contributed by atoms with Crippen molar-refractivity contribution in [2.75, 3.05) is 13.1 Å². The average Bonchev–Trinajstić information content (AvgIpc) is 3.31. The van der Waals surface area contributed by atoms with Crippen LogP contribution in [-0.4, -0.2) is 31.2 Å². The van der Waals surface area contributed by atoms with Crippen molar-refractivity contribution in [1.29, 1.82) is 0 Å². The minimum absolute atomic E-state index is 0.0192. The third kappa shape index (κ3) is 6.30. The molecule has 0 radical (unpaired) electrons. The zero-order valence-electron chi connectivity index (χ0n) is 25.4. The Labute approximate surface area is 238 Å². The Morgan fingerprint density at radius 1 is 1.10 bits per heavy atom. The van der Waals surface area contributed by atoms with Gasteiger partial charge in [-0.2, -0.15) is 0 Å². The van der Waals surface area contributed by atoms with Crippen molar-refractivity contribution in [3.05, 3.63) is 12.7 Å². The van der Waals surface area contributed by atoms with Crippen LogP contribution in [-0.2, 0) is 4.74 Å². The molecule has 4 rings (SSSR count). The molecule has 5 N–H and O–H groups in total. The molecule has 0 heterocycles. The van der Waals surface area contributed by atoms with Crippen LogP contribution in [0.2, 0.25) is 0 Å². The monoisotopic (exact) mass is 542 g/mol. The van der Waals surface area contributed by atoms with Gasteiger partial charge in [-0.1, -0.05) is 59.5 Å². The van der Waals surface area contributed by atoms with E-state index < -0.39 is 0 Å². The Kier molecular flexibility index (Phi) is 9.96. The number of rotatable bonds is 11. The van der Waals surface area contributed by atoms with E-state index in [-0.39, 0.29) is 18.2 Å². The SMILES string of the molecule is C=CC12CCC3C(CCC4CC(OC(=O)NCCN=C(N)N)CCC43C)C1CCC2C(C)CCCC(C)CC. The number of carbonyl (C=O) groups excluding carboxylic acids is 1. The first-order valence-corrected chi connectivity index (χ1v) is 16.3. The number of carbonyl (C=O) groups is 1. The van der Waals surface area contributed by atoms with Gasteiger partial charge in [-0.25, -0.2) is 4.79 Å². The summed E-state index contributed by atoms with van der Waals surface area (Å²) in [6.45, 7) is 15.1. The molecule has 4 fully saturated rings. The molecule has 0 bridgehead atoms. The summed E-state index contributed by atoms with van der Waals surface area (Å²) in [5.41, 5.74) is 11.4. The summed E-state index contributed by atoms with van der Waals surface area (Å²) < 4.78 is 5.85. The van der Waals surface area contributed by atoms with Gasteiger partial charge in [0.1, 0.15) is 6.10 Å². The highest BCUT2D eigenvalue weighted by Crippen LogP contribution is 2.69. The van der Waals surface area contributed by atoms with E-state index in [4.69, 9.17) is 16.2 Å². The molecule has 0 aromatic rings. The van der Waals surface area contributed by atoms with Gasteiger partial charge in [0.15, 0.2) is 5.96 Å². The summed E-state index contributed by atoms with van der Waals surface area (Å²) in [5, 5.41) is 2.79. The van der Waals surface area contributed by atoms with E-state index in [9.17, 15) is 4.79 Å². The molecule has 0 saturated heterocycles. The fraction of sp³-hybridized carbons (Fsp3) is 0.879. The van der Waals surface area contributed by atoms with E-state index in [2.05, 4.69) is 50.7 Å². The number of amides is 1. The number of guanidine groups is 1. The van der Waals surface area contributed by atoms with Crippen molar-refractivity contribution >= 4 is 12.1 Å². The lowest BCUT2D eigenvalue weighted by molar-refractivity contribution is -0.123. The van der Waals surface area contributed by atoms with Crippen molar-refractivity contribution in [3.63, 3.8) is 0 Å². The Balaban J connectivity index is 1.35. The molecule has 10 atom stereocenters. The average molecular weight is 543 g/mol. The minimum atomic E-state index is -0.341. The number of hydrogen-bond acceptors (Lipinski definition) is 3. The third-order valence-electron chi connectivity index (χ3n) is 12.3. The van der Waals surface area contributed by atoms with Gasteiger partial charge in [-0.3, -0.25) is 4.99 Å². The highest BCUT2D eigenvalue weighted by Gasteiger charge is 2.61. The van der Waals surface area contributed by atoms with Crippen LogP contribution < -0.4 is 16.8 Å². The van der Waals surface area contributed by atoms with E-state index in [1.54, 1.807) is 0 Å². The number of hydrogen-bond donors (Lipinski definition) is 3. The maximum Gasteiger partial charge on any atom is 0.407 e. The summed E-state index contributed by atoms with van der Waals surface area (Å²) in [6, 6.07) is 0. The fourth-order valence-corrected chi connectivity index (χ4v) is 10.0. The van der Waals surface area contributed by atoms with Crippen LogP contribution >= 0.6 is 0 Å². The van der Waals surface area contributed by atoms with E-state index in [0.29, 0.717) is 29.8 Å². The Hall–Kier alpha value is -1.72. The van der Waals surface area contributed by atoms with Crippen molar-refractivity contribution in [2.45, 2.75) is 117 Å². The van der Waals surface area contributed by atoms with Crippen LogP contribution in [0.15, 0.2) is 17.6 Å². The lowest BCUT2D eigenvalue weighted by Crippen LogP contribution is -2.54. The maximum absolute atomic E-state index is 12.4. The van der Waals surface area contributed by atoms with Gasteiger partial charge >= 0.3 is 6.09 Å². The number of allylic oxidation sites excluding steroid dienone is 1. The predicted molar refractivity (Wildman–Crippen MR) is 161 cm³/mol. The third-order valence-corrected chi connectivity index (χ3v) is 12.3. The first-order valence-electron chi connectivity index (χ1n) is 16.3. The molecule has 6 heteroatoms. The second kappa shape index (κ2) is 12.9. The van der Waals surface area contributed by atoms with Crippen molar-refractivity contribution in [1.82, 2.24) is 5.32 Å².